The summed E-state index contributed by atoms with van der Waals surface area (Å²) in [6.45, 7) is 1.74. The molecule has 2 atom stereocenters. The standard InChI is InChI=1S/C15H19NO5/c1-15(13(18)20-2)8-12(17)9-16(15)14(19)21-10-11-6-4-3-5-7-11/h3-7,12,17H,8-10H2,1-2H3/t12-,15-/m0/s1. The Balaban J connectivity index is 2.05. The third-order valence-corrected chi connectivity index (χ3v) is 3.67. The molecule has 0 aromatic heterocycles. The van der Waals surface area contributed by atoms with Crippen molar-refractivity contribution in [3.63, 3.8) is 0 Å². The van der Waals surface area contributed by atoms with Crippen LogP contribution in [0.15, 0.2) is 30.3 Å². The zero-order valence-corrected chi connectivity index (χ0v) is 12.1. The van der Waals surface area contributed by atoms with Crippen molar-refractivity contribution in [2.75, 3.05) is 13.7 Å². The molecule has 0 radical (unpaired) electrons. The quantitative estimate of drug-likeness (QED) is 0.851. The fourth-order valence-corrected chi connectivity index (χ4v) is 2.53. The van der Waals surface area contributed by atoms with E-state index in [0.29, 0.717) is 0 Å². The molecule has 1 N–H and O–H groups in total. The highest BCUT2D eigenvalue weighted by Gasteiger charge is 2.51. The lowest BCUT2D eigenvalue weighted by atomic mass is 9.99. The normalized spacial score (nSPS) is 24.7. The molecule has 6 heteroatoms. The predicted octanol–water partition coefficient (Wildman–Crippen LogP) is 1.32. The van der Waals surface area contributed by atoms with Gasteiger partial charge in [0.1, 0.15) is 12.1 Å². The number of β-amino-alcohol motifs (C(OH)–C–C–N with tert-alkyl or cyclic N) is 1. The number of hydrogen-bond acceptors (Lipinski definition) is 5. The average Bonchev–Trinajstić information content (AvgIpc) is 2.81. The molecule has 1 saturated heterocycles. The van der Waals surface area contributed by atoms with Crippen molar-refractivity contribution in [1.29, 1.82) is 0 Å². The summed E-state index contributed by atoms with van der Waals surface area (Å²) >= 11 is 0. The van der Waals surface area contributed by atoms with Gasteiger partial charge in [0.25, 0.3) is 0 Å². The fraction of sp³-hybridized carbons (Fsp3) is 0.467. The Morgan fingerprint density at radius 2 is 2.05 bits per heavy atom. The van der Waals surface area contributed by atoms with E-state index in [9.17, 15) is 14.7 Å². The van der Waals surface area contributed by atoms with Gasteiger partial charge in [-0.15, -0.1) is 0 Å². The number of methoxy groups -OCH3 is 1. The van der Waals surface area contributed by atoms with E-state index in [1.54, 1.807) is 6.92 Å². The number of rotatable bonds is 3. The number of carbonyl (C=O) groups excluding carboxylic acids is 2. The lowest BCUT2D eigenvalue weighted by Crippen LogP contribution is -2.51. The Kier molecular flexibility index (Phi) is 4.47. The van der Waals surface area contributed by atoms with Crippen LogP contribution >= 0.6 is 0 Å². The molecule has 21 heavy (non-hydrogen) atoms. The van der Waals surface area contributed by atoms with E-state index in [2.05, 4.69) is 0 Å². The van der Waals surface area contributed by atoms with Crippen LogP contribution in [0.1, 0.15) is 18.9 Å². The Morgan fingerprint density at radius 1 is 1.38 bits per heavy atom. The highest BCUT2D eigenvalue weighted by atomic mass is 16.6. The maximum absolute atomic E-state index is 12.2. The molecule has 114 valence electrons. The predicted molar refractivity (Wildman–Crippen MR) is 74.4 cm³/mol. The van der Waals surface area contributed by atoms with E-state index in [-0.39, 0.29) is 19.6 Å². The number of benzene rings is 1. The third-order valence-electron chi connectivity index (χ3n) is 3.67. The summed E-state index contributed by atoms with van der Waals surface area (Å²) in [5, 5.41) is 9.76. The number of hydrogen-bond donors (Lipinski definition) is 1. The molecular formula is C15H19NO5. The molecule has 1 aromatic carbocycles. The van der Waals surface area contributed by atoms with Crippen molar-refractivity contribution in [3.8, 4) is 0 Å². The van der Waals surface area contributed by atoms with Gasteiger partial charge in [0.05, 0.1) is 19.8 Å². The average molecular weight is 293 g/mol. The van der Waals surface area contributed by atoms with E-state index >= 15 is 0 Å². The van der Waals surface area contributed by atoms with Crippen LogP contribution in [-0.4, -0.2) is 47.4 Å². The third kappa shape index (κ3) is 3.16. The van der Waals surface area contributed by atoms with Crippen LogP contribution in [-0.2, 0) is 20.9 Å². The maximum atomic E-state index is 12.2. The first-order valence-electron chi connectivity index (χ1n) is 6.72. The van der Waals surface area contributed by atoms with Gasteiger partial charge in [0, 0.05) is 6.42 Å². The van der Waals surface area contributed by atoms with Crippen LogP contribution < -0.4 is 0 Å². The largest absolute Gasteiger partial charge is 0.467 e. The molecule has 0 unspecified atom stereocenters. The number of amides is 1. The van der Waals surface area contributed by atoms with Gasteiger partial charge in [-0.1, -0.05) is 30.3 Å². The maximum Gasteiger partial charge on any atom is 0.411 e. The summed E-state index contributed by atoms with van der Waals surface area (Å²) in [6.07, 6.45) is -1.26. The first-order valence-corrected chi connectivity index (χ1v) is 6.72. The lowest BCUT2D eigenvalue weighted by molar-refractivity contribution is -0.151. The van der Waals surface area contributed by atoms with Gasteiger partial charge >= 0.3 is 12.1 Å². The van der Waals surface area contributed by atoms with Crippen molar-refractivity contribution in [3.05, 3.63) is 35.9 Å². The van der Waals surface area contributed by atoms with Gasteiger partial charge in [-0.3, -0.25) is 4.90 Å². The number of ether oxygens (including phenoxy) is 2. The second-order valence-corrected chi connectivity index (χ2v) is 5.27. The molecule has 2 rings (SSSR count). The van der Waals surface area contributed by atoms with Crippen LogP contribution in [0.25, 0.3) is 0 Å². The molecular weight excluding hydrogens is 274 g/mol. The molecule has 1 aliphatic rings. The summed E-state index contributed by atoms with van der Waals surface area (Å²) < 4.78 is 9.95. The number of carbonyl (C=O) groups is 2. The zero-order chi connectivity index (χ0) is 15.5. The molecule has 1 heterocycles. The van der Waals surface area contributed by atoms with Gasteiger partial charge in [-0.05, 0) is 12.5 Å². The number of nitrogens with zero attached hydrogens (tertiary/aromatic N) is 1. The highest BCUT2D eigenvalue weighted by molar-refractivity contribution is 5.86. The summed E-state index contributed by atoms with van der Waals surface area (Å²) in [6, 6.07) is 9.25. The minimum atomic E-state index is -1.19. The molecule has 0 spiro atoms. The molecule has 0 saturated carbocycles. The van der Waals surface area contributed by atoms with E-state index in [1.165, 1.54) is 12.0 Å². The van der Waals surface area contributed by atoms with Gasteiger partial charge in [-0.2, -0.15) is 0 Å². The zero-order valence-electron chi connectivity index (χ0n) is 12.1. The van der Waals surface area contributed by atoms with Crippen molar-refractivity contribution in [2.45, 2.75) is 31.6 Å². The van der Waals surface area contributed by atoms with Gasteiger partial charge in [0.2, 0.25) is 0 Å². The van der Waals surface area contributed by atoms with Crippen molar-refractivity contribution in [2.24, 2.45) is 0 Å². The second-order valence-electron chi connectivity index (χ2n) is 5.27. The Morgan fingerprint density at radius 3 is 2.67 bits per heavy atom. The van der Waals surface area contributed by atoms with Crippen LogP contribution in [0.3, 0.4) is 0 Å². The SMILES string of the molecule is COC(=O)[C@]1(C)C[C@H](O)CN1C(=O)OCc1ccccc1. The Hall–Kier alpha value is -2.08. The fourth-order valence-electron chi connectivity index (χ4n) is 2.53. The number of esters is 1. The molecule has 6 nitrogen and oxygen atoms in total. The van der Waals surface area contributed by atoms with Gasteiger partial charge < -0.3 is 14.6 Å². The van der Waals surface area contributed by atoms with E-state index in [4.69, 9.17) is 9.47 Å². The number of aliphatic hydroxyl groups excluding tert-OH is 1. The molecule has 1 fully saturated rings. The Bertz CT molecular complexity index is 518. The summed E-state index contributed by atoms with van der Waals surface area (Å²) in [5.74, 6) is -0.560. The second kappa shape index (κ2) is 6.13. The van der Waals surface area contributed by atoms with Crippen molar-refractivity contribution >= 4 is 12.1 Å². The molecule has 0 bridgehead atoms. The lowest BCUT2D eigenvalue weighted by Gasteiger charge is -2.31. The topological polar surface area (TPSA) is 76.1 Å². The minimum Gasteiger partial charge on any atom is -0.467 e. The van der Waals surface area contributed by atoms with Crippen LogP contribution in [0.5, 0.6) is 0 Å². The highest BCUT2D eigenvalue weighted by Crippen LogP contribution is 2.31. The first kappa shape index (κ1) is 15.3. The van der Waals surface area contributed by atoms with Crippen LogP contribution in [0.2, 0.25) is 0 Å². The molecule has 0 aliphatic carbocycles. The van der Waals surface area contributed by atoms with E-state index in [1.807, 2.05) is 30.3 Å². The number of aliphatic hydroxyl groups is 1. The minimum absolute atomic E-state index is 0.0548. The van der Waals surface area contributed by atoms with Gasteiger partial charge in [-0.25, -0.2) is 9.59 Å². The molecule has 1 amide bonds. The smallest absolute Gasteiger partial charge is 0.411 e. The first-order chi connectivity index (χ1) is 9.97. The monoisotopic (exact) mass is 293 g/mol. The van der Waals surface area contributed by atoms with E-state index < -0.39 is 23.7 Å². The molecule has 1 aromatic rings. The summed E-state index contributed by atoms with van der Waals surface area (Å²) in [7, 11) is 1.26. The van der Waals surface area contributed by atoms with Crippen molar-refractivity contribution < 1.29 is 24.2 Å². The van der Waals surface area contributed by atoms with Crippen LogP contribution in [0.4, 0.5) is 4.79 Å². The molecule has 1 aliphatic heterocycles. The van der Waals surface area contributed by atoms with Crippen molar-refractivity contribution in [1.82, 2.24) is 4.90 Å². The summed E-state index contributed by atoms with van der Waals surface area (Å²) in [4.78, 5) is 25.3. The van der Waals surface area contributed by atoms with Crippen LogP contribution in [0, 0.1) is 0 Å². The number of likely N-dealkylation sites (tertiary alicyclic amines) is 1. The Labute approximate surface area is 123 Å². The van der Waals surface area contributed by atoms with E-state index in [0.717, 1.165) is 5.56 Å². The summed E-state index contributed by atoms with van der Waals surface area (Å²) in [5.41, 5.74) is -0.340. The van der Waals surface area contributed by atoms with Gasteiger partial charge in [0.15, 0.2) is 0 Å².